The van der Waals surface area contributed by atoms with Crippen molar-refractivity contribution >= 4 is 22.8 Å². The number of imide groups is 1. The monoisotopic (exact) mass is 337 g/mol. The normalized spacial score (nSPS) is 22.7. The fourth-order valence-electron chi connectivity index (χ4n) is 3.82. The molecule has 2 heterocycles. The van der Waals surface area contributed by atoms with Crippen molar-refractivity contribution in [2.24, 2.45) is 11.8 Å². The summed E-state index contributed by atoms with van der Waals surface area (Å²) in [6.45, 7) is 2.15. The molecule has 1 aromatic heterocycles. The predicted octanol–water partition coefficient (Wildman–Crippen LogP) is 2.81. The number of aryl methyl sites for hydroxylation is 1. The number of rotatable bonds is 3. The second-order valence-corrected chi connectivity index (χ2v) is 6.69. The van der Waals surface area contributed by atoms with Crippen LogP contribution in [0.25, 0.3) is 11.0 Å². The Morgan fingerprint density at radius 1 is 1.04 bits per heavy atom. The Morgan fingerprint density at radius 2 is 1.72 bits per heavy atom. The van der Waals surface area contributed by atoms with Crippen LogP contribution < -0.4 is 5.63 Å². The molecular weight excluding hydrogens is 318 g/mol. The van der Waals surface area contributed by atoms with Crippen LogP contribution in [0.5, 0.6) is 0 Å². The lowest BCUT2D eigenvalue weighted by molar-refractivity contribution is -0.140. The zero-order chi connectivity index (χ0) is 17.6. The molecule has 0 unspecified atom stereocenters. The largest absolute Gasteiger partial charge is 0.423 e. The number of fused-ring (bicyclic) bond motifs is 2. The molecule has 2 amide bonds. The van der Waals surface area contributed by atoms with Crippen LogP contribution in [0.1, 0.15) is 30.9 Å². The summed E-state index contributed by atoms with van der Waals surface area (Å²) in [5, 5.41) is 0.769. The third kappa shape index (κ3) is 2.60. The van der Waals surface area contributed by atoms with Gasteiger partial charge in [-0.25, -0.2) is 4.79 Å². The molecule has 0 N–H and O–H groups in total. The summed E-state index contributed by atoms with van der Waals surface area (Å²) in [4.78, 5) is 38.5. The molecular formula is C20H19NO4. The molecule has 128 valence electrons. The van der Waals surface area contributed by atoms with Crippen LogP contribution in [-0.4, -0.2) is 16.7 Å². The quantitative estimate of drug-likeness (QED) is 0.491. The van der Waals surface area contributed by atoms with Gasteiger partial charge in [0.05, 0.1) is 18.4 Å². The van der Waals surface area contributed by atoms with E-state index in [9.17, 15) is 14.4 Å². The molecule has 0 bridgehead atoms. The third-order valence-corrected chi connectivity index (χ3v) is 5.23. The van der Waals surface area contributed by atoms with Crippen LogP contribution in [-0.2, 0) is 22.6 Å². The molecule has 2 atom stereocenters. The minimum absolute atomic E-state index is 0.123. The summed E-state index contributed by atoms with van der Waals surface area (Å²) >= 11 is 0. The summed E-state index contributed by atoms with van der Waals surface area (Å²) in [5.41, 5.74) is 1.76. The number of hydrogen-bond donors (Lipinski definition) is 0. The average Bonchev–Trinajstić information content (AvgIpc) is 2.86. The highest BCUT2D eigenvalue weighted by molar-refractivity contribution is 6.05. The Balaban J connectivity index is 1.72. The molecule has 5 nitrogen and oxygen atoms in total. The topological polar surface area (TPSA) is 67.6 Å². The molecule has 0 saturated carbocycles. The number of carbonyl (C=O) groups excluding carboxylic acids is 2. The summed E-state index contributed by atoms with van der Waals surface area (Å²) in [7, 11) is 0. The smallest absolute Gasteiger partial charge is 0.336 e. The van der Waals surface area contributed by atoms with E-state index in [2.05, 4.69) is 0 Å². The predicted molar refractivity (Wildman–Crippen MR) is 92.8 cm³/mol. The van der Waals surface area contributed by atoms with Crippen LogP contribution in [0.2, 0.25) is 0 Å². The molecule has 4 rings (SSSR count). The van der Waals surface area contributed by atoms with Crippen molar-refractivity contribution in [3.05, 3.63) is 58.0 Å². The molecule has 2 aromatic rings. The summed E-state index contributed by atoms with van der Waals surface area (Å²) in [5.74, 6) is -0.775. The molecule has 1 saturated heterocycles. The van der Waals surface area contributed by atoms with Crippen molar-refractivity contribution in [1.29, 1.82) is 0 Å². The van der Waals surface area contributed by atoms with E-state index in [0.717, 1.165) is 17.4 Å². The first-order chi connectivity index (χ1) is 12.1. The van der Waals surface area contributed by atoms with Crippen molar-refractivity contribution in [2.75, 3.05) is 0 Å². The lowest BCUT2D eigenvalue weighted by Gasteiger charge is -2.16. The maximum atomic E-state index is 12.6. The highest BCUT2D eigenvalue weighted by Crippen LogP contribution is 2.36. The zero-order valence-electron chi connectivity index (χ0n) is 14.0. The molecule has 25 heavy (non-hydrogen) atoms. The SMILES string of the molecule is CCc1ccc2c(CN3C(=O)[C@H]4CC=CC[C@H]4C3=O)cc(=O)oc2c1. The van der Waals surface area contributed by atoms with Gasteiger partial charge in [-0.05, 0) is 36.5 Å². The fraction of sp³-hybridized carbons (Fsp3) is 0.350. The number of nitrogens with zero attached hydrogens (tertiary/aromatic N) is 1. The van der Waals surface area contributed by atoms with Gasteiger partial charge in [0.15, 0.2) is 0 Å². The van der Waals surface area contributed by atoms with Gasteiger partial charge in [-0.15, -0.1) is 0 Å². The van der Waals surface area contributed by atoms with Crippen molar-refractivity contribution in [3.63, 3.8) is 0 Å². The van der Waals surface area contributed by atoms with Gasteiger partial charge >= 0.3 is 5.63 Å². The first-order valence-corrected chi connectivity index (χ1v) is 8.64. The van der Waals surface area contributed by atoms with Gasteiger partial charge in [0.1, 0.15) is 5.58 Å². The van der Waals surface area contributed by atoms with E-state index in [-0.39, 0.29) is 30.2 Å². The second-order valence-electron chi connectivity index (χ2n) is 6.69. The van der Waals surface area contributed by atoms with Gasteiger partial charge in [-0.1, -0.05) is 31.2 Å². The molecule has 1 aliphatic heterocycles. The van der Waals surface area contributed by atoms with Gasteiger partial charge in [-0.3, -0.25) is 14.5 Å². The molecule has 1 aliphatic carbocycles. The molecule has 0 radical (unpaired) electrons. The van der Waals surface area contributed by atoms with E-state index in [1.165, 1.54) is 11.0 Å². The van der Waals surface area contributed by atoms with Gasteiger partial charge in [0.25, 0.3) is 0 Å². The molecule has 2 aliphatic rings. The highest BCUT2D eigenvalue weighted by Gasteiger charge is 2.47. The Kier molecular flexibility index (Phi) is 3.79. The first kappa shape index (κ1) is 15.8. The Labute approximate surface area is 144 Å². The van der Waals surface area contributed by atoms with Crippen LogP contribution in [0.15, 0.2) is 45.6 Å². The second kappa shape index (κ2) is 5.99. The minimum atomic E-state index is -0.464. The van der Waals surface area contributed by atoms with Crippen LogP contribution in [0.3, 0.4) is 0 Å². The fourth-order valence-corrected chi connectivity index (χ4v) is 3.82. The summed E-state index contributed by atoms with van der Waals surface area (Å²) in [6, 6.07) is 7.10. The van der Waals surface area contributed by atoms with E-state index < -0.39 is 5.63 Å². The van der Waals surface area contributed by atoms with E-state index in [1.54, 1.807) is 0 Å². The molecule has 0 spiro atoms. The number of carbonyl (C=O) groups is 2. The lowest BCUT2D eigenvalue weighted by Crippen LogP contribution is -2.31. The number of allylic oxidation sites excluding steroid dienone is 2. The zero-order valence-corrected chi connectivity index (χ0v) is 14.0. The molecule has 1 aromatic carbocycles. The van der Waals surface area contributed by atoms with Gasteiger partial charge < -0.3 is 4.42 Å². The maximum absolute atomic E-state index is 12.6. The van der Waals surface area contributed by atoms with Crippen LogP contribution in [0.4, 0.5) is 0 Å². The van der Waals surface area contributed by atoms with Crippen molar-refractivity contribution in [2.45, 2.75) is 32.7 Å². The van der Waals surface area contributed by atoms with E-state index in [4.69, 9.17) is 4.42 Å². The van der Waals surface area contributed by atoms with Crippen molar-refractivity contribution in [3.8, 4) is 0 Å². The van der Waals surface area contributed by atoms with E-state index in [0.29, 0.717) is 24.0 Å². The maximum Gasteiger partial charge on any atom is 0.336 e. The van der Waals surface area contributed by atoms with Crippen molar-refractivity contribution in [1.82, 2.24) is 4.90 Å². The minimum Gasteiger partial charge on any atom is -0.423 e. The molecule has 5 heteroatoms. The van der Waals surface area contributed by atoms with Gasteiger partial charge in [0, 0.05) is 11.5 Å². The summed E-state index contributed by atoms with van der Waals surface area (Å²) in [6.07, 6.45) is 6.00. The van der Waals surface area contributed by atoms with E-state index in [1.807, 2.05) is 37.3 Å². The highest BCUT2D eigenvalue weighted by atomic mass is 16.4. The lowest BCUT2D eigenvalue weighted by atomic mass is 9.85. The van der Waals surface area contributed by atoms with E-state index >= 15 is 0 Å². The van der Waals surface area contributed by atoms with Gasteiger partial charge in [0.2, 0.25) is 11.8 Å². The van der Waals surface area contributed by atoms with Crippen LogP contribution >= 0.6 is 0 Å². The van der Waals surface area contributed by atoms with Gasteiger partial charge in [-0.2, -0.15) is 0 Å². The number of benzene rings is 1. The number of amides is 2. The Hall–Kier alpha value is -2.69. The van der Waals surface area contributed by atoms with Crippen LogP contribution in [0, 0.1) is 11.8 Å². The molecule has 1 fully saturated rings. The Bertz CT molecular complexity index is 930. The Morgan fingerprint density at radius 3 is 2.36 bits per heavy atom. The number of likely N-dealkylation sites (tertiary alicyclic amines) is 1. The number of hydrogen-bond acceptors (Lipinski definition) is 4. The first-order valence-electron chi connectivity index (χ1n) is 8.64. The third-order valence-electron chi connectivity index (χ3n) is 5.23. The van der Waals surface area contributed by atoms with Crippen molar-refractivity contribution < 1.29 is 14.0 Å². The average molecular weight is 337 g/mol. The standard InChI is InChI=1S/C20H19NO4/c1-2-12-7-8-14-13(10-18(22)25-17(14)9-12)11-21-19(23)15-5-3-4-6-16(15)20(21)24/h3-4,7-10,15-16H,2,5-6,11H2,1H3/t15-,16+. The summed E-state index contributed by atoms with van der Waals surface area (Å²) < 4.78 is 5.30.